The molecule has 4 heteroatoms. The molecule has 2 fully saturated rings. The highest BCUT2D eigenvalue weighted by molar-refractivity contribution is 5.84. The van der Waals surface area contributed by atoms with Gasteiger partial charge >= 0.3 is 0 Å². The third kappa shape index (κ3) is 2.35. The van der Waals surface area contributed by atoms with Crippen LogP contribution in [-0.4, -0.2) is 35.3 Å². The Kier molecular flexibility index (Phi) is 3.01. The average molecular weight is 258 g/mol. The predicted octanol–water partition coefficient (Wildman–Crippen LogP) is 1.03. The summed E-state index contributed by atoms with van der Waals surface area (Å²) in [5, 5.41) is 2.94. The van der Waals surface area contributed by atoms with Crippen LogP contribution in [0.2, 0.25) is 0 Å². The van der Waals surface area contributed by atoms with Gasteiger partial charge in [0.15, 0.2) is 0 Å². The van der Waals surface area contributed by atoms with Gasteiger partial charge in [0.1, 0.15) is 0 Å². The van der Waals surface area contributed by atoms with Gasteiger partial charge in [-0.2, -0.15) is 0 Å². The van der Waals surface area contributed by atoms with E-state index in [1.54, 1.807) is 0 Å². The number of likely N-dealkylation sites (tertiary alicyclic amines) is 1. The first-order valence-corrected chi connectivity index (χ1v) is 6.78. The number of nitrogens with one attached hydrogen (secondary N) is 1. The predicted molar refractivity (Wildman–Crippen MR) is 71.5 cm³/mol. The smallest absolute Gasteiger partial charge is 0.227 e. The number of carbonyl (C=O) groups is 2. The fraction of sp³-hybridized carbons (Fsp3) is 0.467. The highest BCUT2D eigenvalue weighted by Gasteiger charge is 2.43. The Balaban J connectivity index is 1.67. The lowest BCUT2D eigenvalue weighted by Crippen LogP contribution is -2.39. The number of rotatable bonds is 2. The quantitative estimate of drug-likeness (QED) is 0.861. The van der Waals surface area contributed by atoms with Crippen molar-refractivity contribution in [3.63, 3.8) is 0 Å². The maximum Gasteiger partial charge on any atom is 0.227 e. The molecule has 100 valence electrons. The largest absolute Gasteiger partial charge is 0.351 e. The molecule has 0 bridgehead atoms. The molecule has 2 saturated heterocycles. The van der Waals surface area contributed by atoms with Crippen molar-refractivity contribution < 1.29 is 9.59 Å². The van der Waals surface area contributed by atoms with Crippen LogP contribution >= 0.6 is 0 Å². The van der Waals surface area contributed by atoms with Gasteiger partial charge in [-0.25, -0.2) is 0 Å². The molecule has 0 aromatic heterocycles. The highest BCUT2D eigenvalue weighted by atomic mass is 16.2. The van der Waals surface area contributed by atoms with Crippen LogP contribution in [0.25, 0.3) is 0 Å². The maximum atomic E-state index is 12.3. The molecule has 19 heavy (non-hydrogen) atoms. The zero-order chi connectivity index (χ0) is 13.4. The van der Waals surface area contributed by atoms with Crippen molar-refractivity contribution in [2.45, 2.75) is 38.3 Å². The third-order valence-electron chi connectivity index (χ3n) is 4.08. The number of benzene rings is 1. The SMILES string of the molecule is Cc1ccc(CC(=O)N2CC[C@@H]3NC(=O)C[C@@H]32)cc1. The summed E-state index contributed by atoms with van der Waals surface area (Å²) in [6.07, 6.45) is 1.78. The van der Waals surface area contributed by atoms with Crippen molar-refractivity contribution in [3.05, 3.63) is 35.4 Å². The Morgan fingerprint density at radius 1 is 1.37 bits per heavy atom. The van der Waals surface area contributed by atoms with Gasteiger partial charge in [-0.15, -0.1) is 0 Å². The van der Waals surface area contributed by atoms with Crippen LogP contribution in [0.15, 0.2) is 24.3 Å². The molecule has 1 aromatic carbocycles. The van der Waals surface area contributed by atoms with Gasteiger partial charge < -0.3 is 10.2 Å². The van der Waals surface area contributed by atoms with Crippen molar-refractivity contribution >= 4 is 11.8 Å². The second kappa shape index (κ2) is 4.68. The number of aryl methyl sites for hydroxylation is 1. The molecule has 2 aliphatic rings. The fourth-order valence-corrected chi connectivity index (χ4v) is 3.02. The molecule has 0 unspecified atom stereocenters. The normalized spacial score (nSPS) is 25.3. The Labute approximate surface area is 112 Å². The van der Waals surface area contributed by atoms with Gasteiger partial charge in [0.2, 0.25) is 11.8 Å². The monoisotopic (exact) mass is 258 g/mol. The number of fused-ring (bicyclic) bond motifs is 1. The van der Waals surface area contributed by atoms with E-state index >= 15 is 0 Å². The fourth-order valence-electron chi connectivity index (χ4n) is 3.02. The Hall–Kier alpha value is -1.84. The van der Waals surface area contributed by atoms with Crippen LogP contribution in [0.3, 0.4) is 0 Å². The number of hydrogen-bond acceptors (Lipinski definition) is 2. The minimum Gasteiger partial charge on any atom is -0.351 e. The Morgan fingerprint density at radius 2 is 2.11 bits per heavy atom. The van der Waals surface area contributed by atoms with Crippen LogP contribution in [-0.2, 0) is 16.0 Å². The topological polar surface area (TPSA) is 49.4 Å². The van der Waals surface area contributed by atoms with Crippen molar-refractivity contribution in [1.82, 2.24) is 10.2 Å². The highest BCUT2D eigenvalue weighted by Crippen LogP contribution is 2.26. The number of nitrogens with zero attached hydrogens (tertiary/aromatic N) is 1. The second-order valence-electron chi connectivity index (χ2n) is 5.48. The third-order valence-corrected chi connectivity index (χ3v) is 4.08. The minimum absolute atomic E-state index is 0.0721. The molecule has 0 saturated carbocycles. The van der Waals surface area contributed by atoms with Gasteiger partial charge in [-0.3, -0.25) is 9.59 Å². The molecular formula is C15H18N2O2. The van der Waals surface area contributed by atoms with Crippen LogP contribution in [0, 0.1) is 6.92 Å². The summed E-state index contributed by atoms with van der Waals surface area (Å²) in [7, 11) is 0. The number of carbonyl (C=O) groups excluding carboxylic acids is 2. The summed E-state index contributed by atoms with van der Waals surface area (Å²) in [5.41, 5.74) is 2.24. The summed E-state index contributed by atoms with van der Waals surface area (Å²) in [4.78, 5) is 25.6. The van der Waals surface area contributed by atoms with Crippen molar-refractivity contribution in [2.75, 3.05) is 6.54 Å². The van der Waals surface area contributed by atoms with E-state index in [-0.39, 0.29) is 23.9 Å². The lowest BCUT2D eigenvalue weighted by molar-refractivity contribution is -0.131. The van der Waals surface area contributed by atoms with Crippen LogP contribution < -0.4 is 5.32 Å². The van der Waals surface area contributed by atoms with E-state index < -0.39 is 0 Å². The molecule has 2 aliphatic heterocycles. The summed E-state index contributed by atoms with van der Waals surface area (Å²) in [5.74, 6) is 0.204. The van der Waals surface area contributed by atoms with E-state index in [1.165, 1.54) is 5.56 Å². The molecular weight excluding hydrogens is 240 g/mol. The molecule has 0 aliphatic carbocycles. The molecule has 2 amide bonds. The summed E-state index contributed by atoms with van der Waals surface area (Å²) >= 11 is 0. The van der Waals surface area contributed by atoms with E-state index in [4.69, 9.17) is 0 Å². The average Bonchev–Trinajstić information content (AvgIpc) is 2.90. The first-order chi connectivity index (χ1) is 9.13. The zero-order valence-corrected chi connectivity index (χ0v) is 11.1. The van der Waals surface area contributed by atoms with Gasteiger partial charge in [-0.05, 0) is 18.9 Å². The molecule has 2 heterocycles. The molecule has 4 nitrogen and oxygen atoms in total. The first kappa shape index (κ1) is 12.2. The van der Waals surface area contributed by atoms with Gasteiger partial charge in [-0.1, -0.05) is 29.8 Å². The van der Waals surface area contributed by atoms with Crippen molar-refractivity contribution in [3.8, 4) is 0 Å². The maximum absolute atomic E-state index is 12.3. The molecule has 2 atom stereocenters. The summed E-state index contributed by atoms with van der Waals surface area (Å²) in [6.45, 7) is 2.80. The van der Waals surface area contributed by atoms with Crippen molar-refractivity contribution in [2.24, 2.45) is 0 Å². The minimum atomic E-state index is 0.0721. The first-order valence-electron chi connectivity index (χ1n) is 6.78. The van der Waals surface area contributed by atoms with Gasteiger partial charge in [0.25, 0.3) is 0 Å². The van der Waals surface area contributed by atoms with E-state index in [0.29, 0.717) is 12.8 Å². The molecule has 0 radical (unpaired) electrons. The van der Waals surface area contributed by atoms with Crippen LogP contribution in [0.1, 0.15) is 24.0 Å². The molecule has 0 spiro atoms. The van der Waals surface area contributed by atoms with Crippen molar-refractivity contribution in [1.29, 1.82) is 0 Å². The van der Waals surface area contributed by atoms with Gasteiger partial charge in [0.05, 0.1) is 18.5 Å². The molecule has 1 N–H and O–H groups in total. The van der Waals surface area contributed by atoms with E-state index in [0.717, 1.165) is 18.5 Å². The summed E-state index contributed by atoms with van der Waals surface area (Å²) < 4.78 is 0. The molecule has 3 rings (SSSR count). The standard InChI is InChI=1S/C15H18N2O2/c1-10-2-4-11(5-3-10)8-15(19)17-7-6-12-13(17)9-14(18)16-12/h2-5,12-13H,6-9H2,1H3,(H,16,18)/t12-,13-/m0/s1. The lowest BCUT2D eigenvalue weighted by atomic mass is 10.1. The van der Waals surface area contributed by atoms with E-state index in [9.17, 15) is 9.59 Å². The lowest BCUT2D eigenvalue weighted by Gasteiger charge is -2.22. The number of amides is 2. The second-order valence-corrected chi connectivity index (χ2v) is 5.48. The Morgan fingerprint density at radius 3 is 2.84 bits per heavy atom. The molecule has 1 aromatic rings. The summed E-state index contributed by atoms with van der Waals surface area (Å²) in [6, 6.07) is 8.30. The van der Waals surface area contributed by atoms with Gasteiger partial charge in [0, 0.05) is 13.0 Å². The van der Waals surface area contributed by atoms with Crippen LogP contribution in [0.4, 0.5) is 0 Å². The van der Waals surface area contributed by atoms with E-state index in [2.05, 4.69) is 5.32 Å². The number of hydrogen-bond donors (Lipinski definition) is 1. The van der Waals surface area contributed by atoms with E-state index in [1.807, 2.05) is 36.1 Å². The Bertz CT molecular complexity index is 509. The van der Waals surface area contributed by atoms with Crippen LogP contribution in [0.5, 0.6) is 0 Å². The zero-order valence-electron chi connectivity index (χ0n) is 11.1.